The summed E-state index contributed by atoms with van der Waals surface area (Å²) in [6.45, 7) is 6.25. The van der Waals surface area contributed by atoms with Gasteiger partial charge in [-0.15, -0.1) is 0 Å². The van der Waals surface area contributed by atoms with Crippen LogP contribution in [0.2, 0.25) is 0 Å². The SMILES string of the molecule is CC=C1C=C(CCNC(=O)C(NC(=O)c2ccc(F)cc2)C(C)C)c2ccccc21. The lowest BCUT2D eigenvalue weighted by molar-refractivity contribution is -0.123. The Balaban J connectivity index is 1.60. The predicted molar refractivity (Wildman–Crippen MR) is 118 cm³/mol. The molecule has 0 radical (unpaired) electrons. The van der Waals surface area contributed by atoms with Crippen LogP contribution in [0, 0.1) is 11.7 Å². The molecule has 0 saturated heterocycles. The summed E-state index contributed by atoms with van der Waals surface area (Å²) >= 11 is 0. The monoisotopic (exact) mass is 406 g/mol. The smallest absolute Gasteiger partial charge is 0.251 e. The molecule has 0 fully saturated rings. The number of nitrogens with one attached hydrogen (secondary N) is 2. The molecule has 30 heavy (non-hydrogen) atoms. The van der Waals surface area contributed by atoms with Gasteiger partial charge in [-0.2, -0.15) is 0 Å². The van der Waals surface area contributed by atoms with Gasteiger partial charge in [0.2, 0.25) is 5.91 Å². The highest BCUT2D eigenvalue weighted by Crippen LogP contribution is 2.36. The van der Waals surface area contributed by atoms with Crippen molar-refractivity contribution in [2.45, 2.75) is 33.2 Å². The summed E-state index contributed by atoms with van der Waals surface area (Å²) in [5, 5.41) is 5.71. The van der Waals surface area contributed by atoms with E-state index < -0.39 is 17.8 Å². The van der Waals surface area contributed by atoms with Gasteiger partial charge in [0.1, 0.15) is 11.9 Å². The van der Waals surface area contributed by atoms with Gasteiger partial charge in [-0.25, -0.2) is 4.39 Å². The van der Waals surface area contributed by atoms with E-state index in [9.17, 15) is 14.0 Å². The van der Waals surface area contributed by atoms with Crippen LogP contribution >= 0.6 is 0 Å². The molecule has 2 aromatic rings. The van der Waals surface area contributed by atoms with Gasteiger partial charge in [0.15, 0.2) is 0 Å². The molecule has 2 aromatic carbocycles. The van der Waals surface area contributed by atoms with Gasteiger partial charge in [0, 0.05) is 12.1 Å². The second-order valence-electron chi connectivity index (χ2n) is 7.70. The van der Waals surface area contributed by atoms with Gasteiger partial charge in [-0.05, 0) is 65.8 Å². The van der Waals surface area contributed by atoms with E-state index in [1.807, 2.05) is 32.9 Å². The molecule has 0 spiro atoms. The first kappa shape index (κ1) is 21.5. The molecule has 2 amide bonds. The molecule has 2 N–H and O–H groups in total. The van der Waals surface area contributed by atoms with Crippen LogP contribution in [0.5, 0.6) is 0 Å². The van der Waals surface area contributed by atoms with Crippen LogP contribution in [0.1, 0.15) is 48.7 Å². The number of carbonyl (C=O) groups excluding carboxylic acids is 2. The van der Waals surface area contributed by atoms with Crippen LogP contribution in [-0.2, 0) is 4.79 Å². The Bertz CT molecular complexity index is 990. The number of allylic oxidation sites excluding steroid dienone is 3. The Morgan fingerprint density at radius 2 is 1.70 bits per heavy atom. The fourth-order valence-electron chi connectivity index (χ4n) is 3.59. The normalized spacial score (nSPS) is 15.0. The van der Waals surface area contributed by atoms with Gasteiger partial charge in [-0.3, -0.25) is 9.59 Å². The lowest BCUT2D eigenvalue weighted by atomic mass is 10.0. The Morgan fingerprint density at radius 1 is 1.03 bits per heavy atom. The molecule has 5 heteroatoms. The van der Waals surface area contributed by atoms with Crippen molar-refractivity contribution in [2.75, 3.05) is 6.54 Å². The first-order valence-electron chi connectivity index (χ1n) is 10.2. The third-order valence-corrected chi connectivity index (χ3v) is 5.26. The summed E-state index contributed by atoms with van der Waals surface area (Å²) in [7, 11) is 0. The Kier molecular flexibility index (Phi) is 6.83. The van der Waals surface area contributed by atoms with Crippen molar-refractivity contribution >= 4 is 23.0 Å². The maximum atomic E-state index is 13.1. The highest BCUT2D eigenvalue weighted by Gasteiger charge is 2.25. The third kappa shape index (κ3) is 4.85. The van der Waals surface area contributed by atoms with E-state index in [1.165, 1.54) is 46.5 Å². The van der Waals surface area contributed by atoms with E-state index in [1.54, 1.807) is 0 Å². The molecule has 0 bridgehead atoms. The van der Waals surface area contributed by atoms with Crippen molar-refractivity contribution in [3.05, 3.63) is 83.2 Å². The molecular weight excluding hydrogens is 379 g/mol. The van der Waals surface area contributed by atoms with Crippen LogP contribution in [0.3, 0.4) is 0 Å². The summed E-state index contributed by atoms with van der Waals surface area (Å²) in [6.07, 6.45) is 4.95. The predicted octanol–water partition coefficient (Wildman–Crippen LogP) is 4.59. The molecule has 1 unspecified atom stereocenters. The third-order valence-electron chi connectivity index (χ3n) is 5.26. The van der Waals surface area contributed by atoms with Gasteiger partial charge < -0.3 is 10.6 Å². The number of benzene rings is 2. The van der Waals surface area contributed by atoms with Crippen molar-refractivity contribution in [3.8, 4) is 0 Å². The quantitative estimate of drug-likeness (QED) is 0.707. The zero-order valence-electron chi connectivity index (χ0n) is 17.5. The molecule has 1 aliphatic rings. The minimum Gasteiger partial charge on any atom is -0.354 e. The first-order chi connectivity index (χ1) is 14.4. The van der Waals surface area contributed by atoms with Gasteiger partial charge in [0.25, 0.3) is 5.91 Å². The molecule has 1 atom stereocenters. The summed E-state index contributed by atoms with van der Waals surface area (Å²) in [4.78, 5) is 25.2. The van der Waals surface area contributed by atoms with E-state index in [2.05, 4.69) is 34.9 Å². The molecule has 0 saturated carbocycles. The van der Waals surface area contributed by atoms with Crippen LogP contribution in [0.15, 0.2) is 60.7 Å². The van der Waals surface area contributed by atoms with Crippen LogP contribution in [-0.4, -0.2) is 24.4 Å². The Morgan fingerprint density at radius 3 is 2.33 bits per heavy atom. The number of amides is 2. The van der Waals surface area contributed by atoms with Crippen molar-refractivity contribution in [2.24, 2.45) is 5.92 Å². The summed E-state index contributed by atoms with van der Waals surface area (Å²) in [6, 6.07) is 12.8. The van der Waals surface area contributed by atoms with Gasteiger partial charge >= 0.3 is 0 Å². The van der Waals surface area contributed by atoms with Crippen LogP contribution in [0.4, 0.5) is 4.39 Å². The van der Waals surface area contributed by atoms with E-state index in [0.29, 0.717) is 18.5 Å². The minimum absolute atomic E-state index is 0.0875. The van der Waals surface area contributed by atoms with E-state index >= 15 is 0 Å². The summed E-state index contributed by atoms with van der Waals surface area (Å²) in [5.74, 6) is -1.11. The maximum absolute atomic E-state index is 13.1. The number of carbonyl (C=O) groups is 2. The number of hydrogen-bond acceptors (Lipinski definition) is 2. The summed E-state index contributed by atoms with van der Waals surface area (Å²) < 4.78 is 13.1. The Hall–Kier alpha value is -3.21. The average Bonchev–Trinajstić information content (AvgIpc) is 3.10. The average molecular weight is 407 g/mol. The topological polar surface area (TPSA) is 58.2 Å². The molecule has 4 nitrogen and oxygen atoms in total. The molecule has 1 aliphatic carbocycles. The zero-order valence-corrected chi connectivity index (χ0v) is 17.5. The van der Waals surface area contributed by atoms with Crippen molar-refractivity contribution in [3.63, 3.8) is 0 Å². The number of rotatable bonds is 7. The van der Waals surface area contributed by atoms with Crippen molar-refractivity contribution in [1.82, 2.24) is 10.6 Å². The fourth-order valence-corrected chi connectivity index (χ4v) is 3.59. The van der Waals surface area contributed by atoms with E-state index in [-0.39, 0.29) is 11.8 Å². The van der Waals surface area contributed by atoms with Gasteiger partial charge in [-0.1, -0.05) is 50.3 Å². The number of hydrogen-bond donors (Lipinski definition) is 2. The maximum Gasteiger partial charge on any atom is 0.251 e. The van der Waals surface area contributed by atoms with Crippen LogP contribution in [0.25, 0.3) is 11.1 Å². The molecular formula is C25H27FN2O2. The van der Waals surface area contributed by atoms with Crippen LogP contribution < -0.4 is 10.6 Å². The van der Waals surface area contributed by atoms with Crippen molar-refractivity contribution in [1.29, 1.82) is 0 Å². The molecule has 0 heterocycles. The fraction of sp³-hybridized carbons (Fsp3) is 0.280. The molecule has 0 aliphatic heterocycles. The number of halogens is 1. The van der Waals surface area contributed by atoms with E-state index in [4.69, 9.17) is 0 Å². The zero-order chi connectivity index (χ0) is 21.7. The molecule has 0 aromatic heterocycles. The standard InChI is InChI=1S/C25H27FN2O2/c1-4-17-15-19(22-8-6-5-7-21(17)22)13-14-27-25(30)23(16(2)3)28-24(29)18-9-11-20(26)12-10-18/h4-12,15-16,23H,13-14H2,1-3H3,(H,27,30)(H,28,29). The lowest BCUT2D eigenvalue weighted by Crippen LogP contribution is -2.49. The second kappa shape index (κ2) is 9.53. The van der Waals surface area contributed by atoms with E-state index in [0.717, 1.165) is 0 Å². The summed E-state index contributed by atoms with van der Waals surface area (Å²) in [5.41, 5.74) is 5.12. The lowest BCUT2D eigenvalue weighted by Gasteiger charge is -2.22. The van der Waals surface area contributed by atoms with Gasteiger partial charge in [0.05, 0.1) is 0 Å². The minimum atomic E-state index is -0.668. The largest absolute Gasteiger partial charge is 0.354 e. The highest BCUT2D eigenvalue weighted by atomic mass is 19.1. The first-order valence-corrected chi connectivity index (χ1v) is 10.2. The van der Waals surface area contributed by atoms with Crippen molar-refractivity contribution < 1.29 is 14.0 Å². The molecule has 3 rings (SSSR count). The Labute approximate surface area is 176 Å². The highest BCUT2D eigenvalue weighted by molar-refractivity contribution is 5.98. The second-order valence-corrected chi connectivity index (χ2v) is 7.70. The molecule has 156 valence electrons. The number of fused-ring (bicyclic) bond motifs is 1.